The summed E-state index contributed by atoms with van der Waals surface area (Å²) >= 11 is 3.59. The van der Waals surface area contributed by atoms with Crippen molar-refractivity contribution in [1.29, 1.82) is 0 Å². The number of aromatic nitrogens is 1. The number of ether oxygens (including phenoxy) is 1. The molecule has 0 saturated carbocycles. The first kappa shape index (κ1) is 16.5. The molecule has 27 heavy (non-hydrogen) atoms. The SMILES string of the molecule is Cc1ccc(C2=NN3[C@@H](C2)c2cc(Br)ccc2O[C@H]3c2cccnc2)cc1. The first-order valence-corrected chi connectivity index (χ1v) is 9.77. The van der Waals surface area contributed by atoms with E-state index in [-0.39, 0.29) is 12.3 Å². The van der Waals surface area contributed by atoms with Crippen LogP contribution in [0.15, 0.2) is 76.6 Å². The Balaban J connectivity index is 1.60. The molecule has 134 valence electrons. The summed E-state index contributed by atoms with van der Waals surface area (Å²) in [4.78, 5) is 4.27. The molecule has 4 nitrogen and oxygen atoms in total. The number of rotatable bonds is 2. The van der Waals surface area contributed by atoms with Crippen molar-refractivity contribution in [3.05, 3.63) is 93.7 Å². The zero-order chi connectivity index (χ0) is 18.4. The Kier molecular flexibility index (Phi) is 3.97. The summed E-state index contributed by atoms with van der Waals surface area (Å²) in [7, 11) is 0. The Hall–Kier alpha value is -2.66. The summed E-state index contributed by atoms with van der Waals surface area (Å²) in [6.07, 6.45) is 4.21. The molecule has 0 unspecified atom stereocenters. The van der Waals surface area contributed by atoms with Gasteiger partial charge < -0.3 is 4.74 Å². The van der Waals surface area contributed by atoms with Crippen LogP contribution >= 0.6 is 15.9 Å². The minimum atomic E-state index is -0.277. The van der Waals surface area contributed by atoms with E-state index in [9.17, 15) is 0 Å². The minimum absolute atomic E-state index is 0.146. The van der Waals surface area contributed by atoms with Crippen LogP contribution in [0.4, 0.5) is 0 Å². The summed E-state index contributed by atoms with van der Waals surface area (Å²) in [6, 6.07) is 18.9. The molecule has 0 amide bonds. The van der Waals surface area contributed by atoms with Gasteiger partial charge in [-0.1, -0.05) is 51.8 Å². The monoisotopic (exact) mass is 419 g/mol. The summed E-state index contributed by atoms with van der Waals surface area (Å²) in [5.41, 5.74) is 5.67. The van der Waals surface area contributed by atoms with Gasteiger partial charge in [0.25, 0.3) is 0 Å². The molecular formula is C22H18BrN3O. The third kappa shape index (κ3) is 2.92. The van der Waals surface area contributed by atoms with E-state index in [1.54, 1.807) is 6.20 Å². The molecule has 2 aromatic carbocycles. The number of aryl methyl sites for hydroxylation is 1. The van der Waals surface area contributed by atoms with Gasteiger partial charge in [-0.3, -0.25) is 4.98 Å². The molecule has 2 aliphatic heterocycles. The molecule has 0 aliphatic carbocycles. The number of hydrogen-bond donors (Lipinski definition) is 0. The molecule has 0 bridgehead atoms. The average Bonchev–Trinajstić information content (AvgIpc) is 3.14. The summed E-state index contributed by atoms with van der Waals surface area (Å²) in [5.74, 6) is 0.911. The molecule has 3 heterocycles. The molecule has 5 heteroatoms. The molecule has 2 atom stereocenters. The van der Waals surface area contributed by atoms with Crippen molar-refractivity contribution in [2.45, 2.75) is 25.6 Å². The lowest BCUT2D eigenvalue weighted by Crippen LogP contribution is -2.33. The van der Waals surface area contributed by atoms with E-state index >= 15 is 0 Å². The van der Waals surface area contributed by atoms with Crippen molar-refractivity contribution < 1.29 is 4.74 Å². The van der Waals surface area contributed by atoms with Crippen LogP contribution in [0.5, 0.6) is 5.75 Å². The molecule has 2 aliphatic rings. The zero-order valence-corrected chi connectivity index (χ0v) is 16.4. The lowest BCUT2D eigenvalue weighted by atomic mass is 9.96. The maximum absolute atomic E-state index is 6.35. The molecule has 0 saturated heterocycles. The topological polar surface area (TPSA) is 37.7 Å². The fraction of sp³-hybridized carbons (Fsp3) is 0.182. The first-order valence-electron chi connectivity index (χ1n) is 8.98. The Morgan fingerprint density at radius 1 is 1.11 bits per heavy atom. The number of benzene rings is 2. The smallest absolute Gasteiger partial charge is 0.215 e. The second-order valence-electron chi connectivity index (χ2n) is 6.95. The van der Waals surface area contributed by atoms with Crippen LogP contribution in [-0.2, 0) is 0 Å². The number of hydrazone groups is 1. The Bertz CT molecular complexity index is 1020. The maximum atomic E-state index is 6.35. The van der Waals surface area contributed by atoms with Crippen molar-refractivity contribution in [2.24, 2.45) is 5.10 Å². The van der Waals surface area contributed by atoms with E-state index in [0.29, 0.717) is 0 Å². The number of halogens is 1. The van der Waals surface area contributed by atoms with Crippen LogP contribution in [-0.4, -0.2) is 15.7 Å². The fourth-order valence-corrected chi connectivity index (χ4v) is 4.10. The van der Waals surface area contributed by atoms with E-state index in [2.05, 4.69) is 63.2 Å². The molecule has 0 fully saturated rings. The molecule has 1 aromatic heterocycles. The van der Waals surface area contributed by atoms with Crippen LogP contribution in [0.3, 0.4) is 0 Å². The highest BCUT2D eigenvalue weighted by Crippen LogP contribution is 2.48. The molecule has 0 N–H and O–H groups in total. The van der Waals surface area contributed by atoms with Gasteiger partial charge >= 0.3 is 0 Å². The van der Waals surface area contributed by atoms with Gasteiger partial charge in [-0.05, 0) is 36.8 Å². The largest absolute Gasteiger partial charge is 0.464 e. The quantitative estimate of drug-likeness (QED) is 0.558. The van der Waals surface area contributed by atoms with Gasteiger partial charge in [0, 0.05) is 34.4 Å². The zero-order valence-electron chi connectivity index (χ0n) is 14.8. The van der Waals surface area contributed by atoms with Gasteiger partial charge in [0.2, 0.25) is 6.23 Å². The van der Waals surface area contributed by atoms with Crippen molar-refractivity contribution >= 4 is 21.6 Å². The number of hydrogen-bond acceptors (Lipinski definition) is 4. The Labute approximate surface area is 166 Å². The lowest BCUT2D eigenvalue weighted by Gasteiger charge is -2.38. The normalized spacial score (nSPS) is 20.5. The van der Waals surface area contributed by atoms with E-state index < -0.39 is 0 Å². The fourth-order valence-electron chi connectivity index (χ4n) is 3.72. The highest BCUT2D eigenvalue weighted by molar-refractivity contribution is 9.10. The Morgan fingerprint density at radius 2 is 1.96 bits per heavy atom. The van der Waals surface area contributed by atoms with Crippen molar-refractivity contribution in [1.82, 2.24) is 9.99 Å². The van der Waals surface area contributed by atoms with Gasteiger partial charge in [-0.2, -0.15) is 5.10 Å². The van der Waals surface area contributed by atoms with Crippen molar-refractivity contribution in [2.75, 3.05) is 0 Å². The van der Waals surface area contributed by atoms with E-state index in [4.69, 9.17) is 9.84 Å². The summed E-state index contributed by atoms with van der Waals surface area (Å²) in [6.45, 7) is 2.10. The summed E-state index contributed by atoms with van der Waals surface area (Å²) < 4.78 is 7.40. The number of fused-ring (bicyclic) bond motifs is 3. The molecule has 0 radical (unpaired) electrons. The van der Waals surface area contributed by atoms with Crippen molar-refractivity contribution in [3.63, 3.8) is 0 Å². The molecule has 3 aromatic rings. The summed E-state index contributed by atoms with van der Waals surface area (Å²) in [5, 5.41) is 7.06. The second kappa shape index (κ2) is 6.50. The third-order valence-corrected chi connectivity index (χ3v) is 5.60. The van der Waals surface area contributed by atoms with Crippen LogP contribution < -0.4 is 4.74 Å². The molecular weight excluding hydrogens is 402 g/mol. The highest BCUT2D eigenvalue weighted by Gasteiger charge is 2.41. The average molecular weight is 420 g/mol. The van der Waals surface area contributed by atoms with E-state index in [0.717, 1.165) is 39.0 Å². The molecule has 0 spiro atoms. The van der Waals surface area contributed by atoms with Crippen LogP contribution in [0.25, 0.3) is 0 Å². The van der Waals surface area contributed by atoms with Gasteiger partial charge in [-0.15, -0.1) is 0 Å². The molecule has 5 rings (SSSR count). The van der Waals surface area contributed by atoms with Gasteiger partial charge in [0.05, 0.1) is 11.8 Å². The van der Waals surface area contributed by atoms with Gasteiger partial charge in [-0.25, -0.2) is 5.01 Å². The second-order valence-corrected chi connectivity index (χ2v) is 7.87. The number of pyridine rings is 1. The maximum Gasteiger partial charge on any atom is 0.215 e. The van der Waals surface area contributed by atoms with E-state index in [1.165, 1.54) is 5.56 Å². The predicted octanol–water partition coefficient (Wildman–Crippen LogP) is 5.39. The first-order chi connectivity index (χ1) is 13.2. The lowest BCUT2D eigenvalue weighted by molar-refractivity contribution is -0.0192. The van der Waals surface area contributed by atoms with Crippen LogP contribution in [0, 0.1) is 6.92 Å². The van der Waals surface area contributed by atoms with E-state index in [1.807, 2.05) is 30.5 Å². The van der Waals surface area contributed by atoms with Crippen molar-refractivity contribution in [3.8, 4) is 5.75 Å². The highest BCUT2D eigenvalue weighted by atomic mass is 79.9. The predicted molar refractivity (Wildman–Crippen MR) is 109 cm³/mol. The van der Waals surface area contributed by atoms with Crippen LogP contribution in [0.1, 0.15) is 40.9 Å². The van der Waals surface area contributed by atoms with Crippen LogP contribution in [0.2, 0.25) is 0 Å². The Morgan fingerprint density at radius 3 is 2.74 bits per heavy atom. The van der Waals surface area contributed by atoms with Gasteiger partial charge in [0.1, 0.15) is 5.75 Å². The third-order valence-electron chi connectivity index (χ3n) is 5.11. The standard InChI is InChI=1S/C22H18BrN3O/c1-14-4-6-15(7-5-14)19-12-20-18-11-17(23)8-9-21(18)27-22(26(20)25-19)16-3-2-10-24-13-16/h2-11,13,20,22H,12H2,1H3/t20-,22-/m0/s1. The minimum Gasteiger partial charge on any atom is -0.464 e. The van der Waals surface area contributed by atoms with Gasteiger partial charge in [0.15, 0.2) is 0 Å². The number of nitrogens with zero attached hydrogens (tertiary/aromatic N) is 3.